The summed E-state index contributed by atoms with van der Waals surface area (Å²) >= 11 is 0. The number of carbonyl (C=O) groups is 1. The molecule has 3 aromatic carbocycles. The number of hydrogen-bond acceptors (Lipinski definition) is 7. The second-order valence-corrected chi connectivity index (χ2v) is 9.09. The molecular formula is C30H24F3N3O6. The molecule has 9 nitrogen and oxygen atoms in total. The predicted molar refractivity (Wildman–Crippen MR) is 144 cm³/mol. The highest BCUT2D eigenvalue weighted by Gasteiger charge is 2.30. The minimum absolute atomic E-state index is 0.0657. The molecule has 0 saturated carbocycles. The highest BCUT2D eigenvalue weighted by Crippen LogP contribution is 2.32. The van der Waals surface area contributed by atoms with Crippen molar-refractivity contribution in [3.63, 3.8) is 0 Å². The van der Waals surface area contributed by atoms with Crippen LogP contribution in [0.5, 0.6) is 17.4 Å². The Morgan fingerprint density at radius 2 is 1.71 bits per heavy atom. The van der Waals surface area contributed by atoms with Crippen LogP contribution in [-0.2, 0) is 19.4 Å². The van der Waals surface area contributed by atoms with E-state index >= 15 is 0 Å². The molecule has 42 heavy (non-hydrogen) atoms. The molecule has 0 aliphatic heterocycles. The molecule has 5 rings (SSSR count). The Balaban J connectivity index is 1.27. The first-order valence-electron chi connectivity index (χ1n) is 12.6. The van der Waals surface area contributed by atoms with Gasteiger partial charge in [-0.05, 0) is 61.0 Å². The molecular weight excluding hydrogens is 555 g/mol. The van der Waals surface area contributed by atoms with Crippen molar-refractivity contribution in [3.8, 4) is 34.5 Å². The maximum atomic E-state index is 12.9. The Hall–Kier alpha value is -5.26. The molecule has 5 aromatic rings. The van der Waals surface area contributed by atoms with Crippen molar-refractivity contribution in [2.75, 3.05) is 7.11 Å². The average Bonchev–Trinajstić information content (AvgIpc) is 3.59. The molecule has 0 spiro atoms. The van der Waals surface area contributed by atoms with E-state index in [9.17, 15) is 23.1 Å². The van der Waals surface area contributed by atoms with Gasteiger partial charge in [0.2, 0.25) is 11.8 Å². The highest BCUT2D eigenvalue weighted by molar-refractivity contribution is 5.90. The second kappa shape index (κ2) is 11.7. The van der Waals surface area contributed by atoms with Crippen LogP contribution in [0.25, 0.3) is 17.1 Å². The fourth-order valence-electron chi connectivity index (χ4n) is 4.03. The van der Waals surface area contributed by atoms with E-state index in [1.54, 1.807) is 25.1 Å². The Labute approximate surface area is 237 Å². The molecule has 0 aliphatic rings. The smallest absolute Gasteiger partial charge is 0.416 e. The van der Waals surface area contributed by atoms with E-state index in [4.69, 9.17) is 18.6 Å². The number of aryl methyl sites for hydroxylation is 1. The summed E-state index contributed by atoms with van der Waals surface area (Å²) in [6, 6.07) is 18.7. The minimum atomic E-state index is -4.49. The van der Waals surface area contributed by atoms with Gasteiger partial charge >= 0.3 is 12.1 Å². The summed E-state index contributed by atoms with van der Waals surface area (Å²) in [6.45, 7) is 1.88. The number of methoxy groups -OCH3 is 1. The summed E-state index contributed by atoms with van der Waals surface area (Å²) in [5.74, 6) is 0.480. The number of oxazole rings is 1. The third-order valence-electron chi connectivity index (χ3n) is 6.25. The van der Waals surface area contributed by atoms with E-state index < -0.39 is 17.7 Å². The number of alkyl halides is 3. The lowest BCUT2D eigenvalue weighted by Gasteiger charge is -2.12. The van der Waals surface area contributed by atoms with Crippen molar-refractivity contribution in [3.05, 3.63) is 107 Å². The minimum Gasteiger partial charge on any atom is -0.493 e. The molecule has 0 radical (unpaired) electrons. The predicted octanol–water partition coefficient (Wildman–Crippen LogP) is 6.72. The first-order chi connectivity index (χ1) is 20.1. The summed E-state index contributed by atoms with van der Waals surface area (Å²) in [4.78, 5) is 16.3. The molecule has 0 fully saturated rings. The van der Waals surface area contributed by atoms with E-state index in [1.807, 2.05) is 30.3 Å². The molecule has 0 amide bonds. The lowest BCUT2D eigenvalue weighted by atomic mass is 10.2. The third kappa shape index (κ3) is 6.22. The zero-order valence-electron chi connectivity index (χ0n) is 22.4. The van der Waals surface area contributed by atoms with Crippen LogP contribution >= 0.6 is 0 Å². The monoisotopic (exact) mass is 579 g/mol. The molecule has 0 atom stereocenters. The van der Waals surface area contributed by atoms with Crippen molar-refractivity contribution in [2.45, 2.75) is 26.3 Å². The number of nitrogens with zero attached hydrogens (tertiary/aromatic N) is 3. The topological polar surface area (TPSA) is 109 Å². The van der Waals surface area contributed by atoms with E-state index in [0.29, 0.717) is 34.4 Å². The van der Waals surface area contributed by atoms with Gasteiger partial charge in [-0.1, -0.05) is 24.3 Å². The zero-order valence-corrected chi connectivity index (χ0v) is 22.4. The molecule has 2 heterocycles. The number of carboxylic acid groups (broad SMARTS) is 1. The van der Waals surface area contributed by atoms with Gasteiger partial charge in [0, 0.05) is 11.8 Å². The first-order valence-corrected chi connectivity index (χ1v) is 12.6. The Kier molecular flexibility index (Phi) is 7.87. The second-order valence-electron chi connectivity index (χ2n) is 9.09. The van der Waals surface area contributed by atoms with Crippen molar-refractivity contribution >= 4 is 5.97 Å². The number of aromatic nitrogens is 3. The lowest BCUT2D eigenvalue weighted by molar-refractivity contribution is -0.137. The van der Waals surface area contributed by atoms with Gasteiger partial charge in [0.15, 0.2) is 11.5 Å². The van der Waals surface area contributed by atoms with E-state index in [-0.39, 0.29) is 30.3 Å². The van der Waals surface area contributed by atoms with Gasteiger partial charge in [-0.3, -0.25) is 0 Å². The van der Waals surface area contributed by atoms with Crippen LogP contribution in [0.4, 0.5) is 13.2 Å². The third-order valence-corrected chi connectivity index (χ3v) is 6.25. The standard InChI is InChI=1S/C30H24F3N3O6/c1-18-24(34-27(42-18)20-6-4-3-5-7-20)17-40-25-13-8-19(14-26(25)39-2)16-41-28-23(29(37)38)15-36(35-28)22-11-9-21(10-12-22)30(31,32)33/h3-15H,16-17H2,1-2H3,(H,37,38). The average molecular weight is 580 g/mol. The number of halogens is 3. The number of hydrogen-bond donors (Lipinski definition) is 1. The van der Waals surface area contributed by atoms with Gasteiger partial charge in [-0.25, -0.2) is 14.5 Å². The van der Waals surface area contributed by atoms with Gasteiger partial charge in [0.1, 0.15) is 30.2 Å². The summed E-state index contributed by atoms with van der Waals surface area (Å²) in [5, 5.41) is 13.7. The number of aromatic carboxylic acids is 1. The van der Waals surface area contributed by atoms with Crippen molar-refractivity contribution in [1.82, 2.24) is 14.8 Å². The van der Waals surface area contributed by atoms with Gasteiger partial charge in [-0.2, -0.15) is 13.2 Å². The first kappa shape index (κ1) is 28.3. The maximum absolute atomic E-state index is 12.9. The molecule has 12 heteroatoms. The summed E-state index contributed by atoms with van der Waals surface area (Å²) < 4.78 is 62.7. The maximum Gasteiger partial charge on any atom is 0.416 e. The van der Waals surface area contributed by atoms with Gasteiger partial charge in [0.05, 0.1) is 18.4 Å². The molecule has 216 valence electrons. The van der Waals surface area contributed by atoms with Crippen LogP contribution in [0, 0.1) is 6.92 Å². The van der Waals surface area contributed by atoms with Crippen LogP contribution in [0.1, 0.15) is 32.9 Å². The Morgan fingerprint density at radius 3 is 2.38 bits per heavy atom. The number of rotatable bonds is 10. The SMILES string of the molecule is COc1cc(COc2nn(-c3ccc(C(F)(F)F)cc3)cc2C(=O)O)ccc1OCc1nc(-c2ccccc2)oc1C. The number of benzene rings is 3. The van der Waals surface area contributed by atoms with Gasteiger partial charge in [0.25, 0.3) is 0 Å². The summed E-state index contributed by atoms with van der Waals surface area (Å²) in [6.07, 6.45) is -3.32. The molecule has 0 unspecified atom stereocenters. The summed E-state index contributed by atoms with van der Waals surface area (Å²) in [7, 11) is 1.48. The van der Waals surface area contributed by atoms with Crippen molar-refractivity contribution in [2.24, 2.45) is 0 Å². The number of carboxylic acids is 1. The molecule has 0 aliphatic carbocycles. The summed E-state index contributed by atoms with van der Waals surface area (Å²) in [5.41, 5.74) is 1.27. The molecule has 1 N–H and O–H groups in total. The van der Waals surface area contributed by atoms with Crippen molar-refractivity contribution in [1.29, 1.82) is 0 Å². The van der Waals surface area contributed by atoms with Gasteiger partial charge < -0.3 is 23.7 Å². The van der Waals surface area contributed by atoms with E-state index in [2.05, 4.69) is 10.1 Å². The van der Waals surface area contributed by atoms with Gasteiger partial charge in [-0.15, -0.1) is 5.10 Å². The Bertz CT molecular complexity index is 1700. The van der Waals surface area contributed by atoms with E-state index in [1.165, 1.54) is 25.4 Å². The fourth-order valence-corrected chi connectivity index (χ4v) is 4.03. The lowest BCUT2D eigenvalue weighted by Crippen LogP contribution is -2.05. The molecule has 0 saturated heterocycles. The molecule has 2 aromatic heterocycles. The molecule has 0 bridgehead atoms. The number of ether oxygens (including phenoxy) is 3. The van der Waals surface area contributed by atoms with Crippen LogP contribution < -0.4 is 14.2 Å². The largest absolute Gasteiger partial charge is 0.493 e. The normalized spacial score (nSPS) is 11.4. The fraction of sp³-hybridized carbons (Fsp3) is 0.167. The van der Waals surface area contributed by atoms with Crippen LogP contribution in [0.3, 0.4) is 0 Å². The Morgan fingerprint density at radius 1 is 0.976 bits per heavy atom. The van der Waals surface area contributed by atoms with E-state index in [0.717, 1.165) is 22.4 Å². The van der Waals surface area contributed by atoms with Crippen LogP contribution in [0.2, 0.25) is 0 Å². The van der Waals surface area contributed by atoms with Crippen LogP contribution in [-0.4, -0.2) is 33.0 Å². The zero-order chi connectivity index (χ0) is 29.9. The van der Waals surface area contributed by atoms with Crippen LogP contribution in [0.15, 0.2) is 83.4 Å². The van der Waals surface area contributed by atoms with Crippen molar-refractivity contribution < 1.29 is 41.7 Å². The highest BCUT2D eigenvalue weighted by atomic mass is 19.4. The quantitative estimate of drug-likeness (QED) is 0.194.